The van der Waals surface area contributed by atoms with Gasteiger partial charge in [-0.1, -0.05) is 41.4 Å². The molecule has 0 amide bonds. The van der Waals surface area contributed by atoms with Crippen LogP contribution in [0.25, 0.3) is 0 Å². The van der Waals surface area contributed by atoms with Crippen molar-refractivity contribution in [3.8, 4) is 0 Å². The second-order valence-electron chi connectivity index (χ2n) is 4.87. The minimum absolute atomic E-state index is 0.196. The van der Waals surface area contributed by atoms with Crippen molar-refractivity contribution in [3.63, 3.8) is 0 Å². The van der Waals surface area contributed by atoms with Crippen LogP contribution in [0.3, 0.4) is 0 Å². The largest absolute Gasteiger partial charge is 0.294 e. The van der Waals surface area contributed by atoms with E-state index in [1.165, 1.54) is 0 Å². The second-order valence-corrected chi connectivity index (χ2v) is 5.31. The predicted octanol–water partition coefficient (Wildman–Crippen LogP) is 4.77. The van der Waals surface area contributed by atoms with Crippen LogP contribution in [0.1, 0.15) is 33.5 Å². The molecule has 0 aliphatic heterocycles. The molecule has 98 valence electrons. The average Bonchev–Trinajstić information content (AvgIpc) is 2.39. The Morgan fingerprint density at radius 1 is 1.11 bits per heavy atom. The molecule has 0 aliphatic carbocycles. The molecule has 0 heterocycles. The zero-order valence-corrected chi connectivity index (χ0v) is 12.0. The van der Waals surface area contributed by atoms with E-state index in [0.717, 1.165) is 33.7 Å². The van der Waals surface area contributed by atoms with Gasteiger partial charge in [0.05, 0.1) is 0 Å². The first-order chi connectivity index (χ1) is 9.06. The van der Waals surface area contributed by atoms with Crippen molar-refractivity contribution in [2.45, 2.75) is 26.7 Å². The Labute approximate surface area is 119 Å². The molecule has 0 bridgehead atoms. The molecule has 0 N–H and O–H groups in total. The van der Waals surface area contributed by atoms with Crippen LogP contribution in [0.4, 0.5) is 0 Å². The molecule has 19 heavy (non-hydrogen) atoms. The summed E-state index contributed by atoms with van der Waals surface area (Å²) in [6, 6.07) is 13.7. The third kappa shape index (κ3) is 3.68. The predicted molar refractivity (Wildman–Crippen MR) is 80.0 cm³/mol. The van der Waals surface area contributed by atoms with Crippen molar-refractivity contribution < 1.29 is 4.79 Å². The van der Waals surface area contributed by atoms with Crippen LogP contribution in [0, 0.1) is 13.8 Å². The molecule has 0 saturated heterocycles. The number of Topliss-reactive ketones (excluding diaryl/α,β-unsaturated/α-hetero) is 1. The van der Waals surface area contributed by atoms with Gasteiger partial charge >= 0.3 is 0 Å². The highest BCUT2D eigenvalue weighted by Gasteiger charge is 2.09. The highest BCUT2D eigenvalue weighted by Crippen LogP contribution is 2.16. The first-order valence-corrected chi connectivity index (χ1v) is 6.79. The number of carbonyl (C=O) groups is 1. The lowest BCUT2D eigenvalue weighted by atomic mass is 9.98. The third-order valence-corrected chi connectivity index (χ3v) is 3.46. The molecule has 1 nitrogen and oxygen atoms in total. The zero-order chi connectivity index (χ0) is 13.8. The van der Waals surface area contributed by atoms with Crippen molar-refractivity contribution in [1.82, 2.24) is 0 Å². The summed E-state index contributed by atoms with van der Waals surface area (Å²) < 4.78 is 0. The quantitative estimate of drug-likeness (QED) is 0.733. The molecule has 0 fully saturated rings. The van der Waals surface area contributed by atoms with Crippen LogP contribution in [-0.2, 0) is 6.42 Å². The highest BCUT2D eigenvalue weighted by molar-refractivity contribution is 6.30. The summed E-state index contributed by atoms with van der Waals surface area (Å²) in [7, 11) is 0. The lowest BCUT2D eigenvalue weighted by molar-refractivity contribution is 0.0982. The molecule has 0 atom stereocenters. The van der Waals surface area contributed by atoms with Crippen LogP contribution in [-0.4, -0.2) is 5.78 Å². The van der Waals surface area contributed by atoms with Gasteiger partial charge in [-0.3, -0.25) is 4.79 Å². The normalized spacial score (nSPS) is 10.5. The first kappa shape index (κ1) is 13.8. The van der Waals surface area contributed by atoms with E-state index in [2.05, 4.69) is 0 Å². The fourth-order valence-electron chi connectivity index (χ4n) is 2.12. The summed E-state index contributed by atoms with van der Waals surface area (Å²) >= 11 is 5.94. The Bertz CT molecular complexity index is 602. The van der Waals surface area contributed by atoms with Gasteiger partial charge in [0.25, 0.3) is 0 Å². The minimum Gasteiger partial charge on any atom is -0.294 e. The van der Waals surface area contributed by atoms with Gasteiger partial charge in [0.1, 0.15) is 0 Å². The molecule has 2 heteroatoms. The van der Waals surface area contributed by atoms with Crippen molar-refractivity contribution in [2.75, 3.05) is 0 Å². The van der Waals surface area contributed by atoms with E-state index < -0.39 is 0 Å². The molecule has 0 unspecified atom stereocenters. The first-order valence-electron chi connectivity index (χ1n) is 6.41. The number of halogens is 1. The number of benzene rings is 2. The molecule has 0 spiro atoms. The maximum absolute atomic E-state index is 12.2. The Morgan fingerprint density at radius 2 is 1.89 bits per heavy atom. The molecule has 2 aromatic rings. The van der Waals surface area contributed by atoms with E-state index >= 15 is 0 Å². The third-order valence-electron chi connectivity index (χ3n) is 3.22. The fraction of sp³-hybridized carbons (Fsp3) is 0.235. The summed E-state index contributed by atoms with van der Waals surface area (Å²) in [6.45, 7) is 3.99. The number of hydrogen-bond acceptors (Lipinski definition) is 1. The van der Waals surface area contributed by atoms with Crippen molar-refractivity contribution in [1.29, 1.82) is 0 Å². The van der Waals surface area contributed by atoms with E-state index in [9.17, 15) is 4.79 Å². The van der Waals surface area contributed by atoms with E-state index in [4.69, 9.17) is 11.6 Å². The number of rotatable bonds is 4. The van der Waals surface area contributed by atoms with Gasteiger partial charge in [0.2, 0.25) is 0 Å². The van der Waals surface area contributed by atoms with Crippen LogP contribution < -0.4 is 0 Å². The van der Waals surface area contributed by atoms with Gasteiger partial charge < -0.3 is 0 Å². The lowest BCUT2D eigenvalue weighted by Crippen LogP contribution is -2.04. The number of aryl methyl sites for hydroxylation is 3. The van der Waals surface area contributed by atoms with Crippen LogP contribution in [0.2, 0.25) is 5.02 Å². The van der Waals surface area contributed by atoms with Gasteiger partial charge in [-0.25, -0.2) is 0 Å². The van der Waals surface area contributed by atoms with Crippen LogP contribution in [0.15, 0.2) is 42.5 Å². The topological polar surface area (TPSA) is 17.1 Å². The molecule has 0 aromatic heterocycles. The SMILES string of the molecule is Cc1ccc(C)c(C(=O)CCc2cccc(Cl)c2)c1. The Morgan fingerprint density at radius 3 is 2.63 bits per heavy atom. The van der Waals surface area contributed by atoms with Crippen LogP contribution >= 0.6 is 11.6 Å². The lowest BCUT2D eigenvalue weighted by Gasteiger charge is -2.06. The number of hydrogen-bond donors (Lipinski definition) is 0. The van der Waals surface area contributed by atoms with E-state index in [1.54, 1.807) is 0 Å². The Kier molecular flexibility index (Phi) is 4.39. The van der Waals surface area contributed by atoms with Gasteiger partial charge in [0.15, 0.2) is 5.78 Å². The smallest absolute Gasteiger partial charge is 0.163 e. The number of ketones is 1. The molecule has 2 aromatic carbocycles. The Balaban J connectivity index is 2.07. The maximum atomic E-state index is 12.2. The molecule has 0 saturated carbocycles. The van der Waals surface area contributed by atoms with Crippen molar-refractivity contribution in [3.05, 3.63) is 69.7 Å². The summed E-state index contributed by atoms with van der Waals surface area (Å²) in [5.41, 5.74) is 4.10. The molecule has 0 radical (unpaired) electrons. The average molecular weight is 273 g/mol. The monoisotopic (exact) mass is 272 g/mol. The minimum atomic E-state index is 0.196. The second kappa shape index (κ2) is 6.03. The van der Waals surface area contributed by atoms with E-state index in [0.29, 0.717) is 6.42 Å². The summed E-state index contributed by atoms with van der Waals surface area (Å²) in [5.74, 6) is 0.196. The summed E-state index contributed by atoms with van der Waals surface area (Å²) in [6.07, 6.45) is 1.25. The molecular weight excluding hydrogens is 256 g/mol. The van der Waals surface area contributed by atoms with Gasteiger partial charge in [-0.05, 0) is 49.6 Å². The van der Waals surface area contributed by atoms with Crippen LogP contribution in [0.5, 0.6) is 0 Å². The fourth-order valence-corrected chi connectivity index (χ4v) is 2.33. The van der Waals surface area contributed by atoms with Crippen molar-refractivity contribution in [2.24, 2.45) is 0 Å². The highest BCUT2D eigenvalue weighted by atomic mass is 35.5. The summed E-state index contributed by atoms with van der Waals surface area (Å²) in [5, 5.41) is 0.719. The molecular formula is C17H17ClO. The van der Waals surface area contributed by atoms with E-state index in [-0.39, 0.29) is 5.78 Å². The van der Waals surface area contributed by atoms with Gasteiger partial charge in [-0.15, -0.1) is 0 Å². The van der Waals surface area contributed by atoms with Gasteiger partial charge in [0, 0.05) is 17.0 Å². The summed E-state index contributed by atoms with van der Waals surface area (Å²) in [4.78, 5) is 12.2. The standard InChI is InChI=1S/C17H17ClO/c1-12-6-7-13(2)16(10-12)17(19)9-8-14-4-3-5-15(18)11-14/h3-7,10-11H,8-9H2,1-2H3. The maximum Gasteiger partial charge on any atom is 0.163 e. The Hall–Kier alpha value is -1.60. The zero-order valence-electron chi connectivity index (χ0n) is 11.2. The molecule has 2 rings (SSSR count). The van der Waals surface area contributed by atoms with Gasteiger partial charge in [-0.2, -0.15) is 0 Å². The van der Waals surface area contributed by atoms with Crippen molar-refractivity contribution >= 4 is 17.4 Å². The number of carbonyl (C=O) groups excluding carboxylic acids is 1. The van der Waals surface area contributed by atoms with E-state index in [1.807, 2.05) is 56.3 Å². The molecule has 0 aliphatic rings.